The van der Waals surface area contributed by atoms with E-state index in [1.165, 1.54) is 18.5 Å². The zero-order valence-electron chi connectivity index (χ0n) is 15.5. The highest BCUT2D eigenvalue weighted by Crippen LogP contribution is 2.26. The number of hydrogen-bond donors (Lipinski definition) is 3. The first kappa shape index (κ1) is 20.3. The summed E-state index contributed by atoms with van der Waals surface area (Å²) in [6.45, 7) is 0.0666. The number of benzene rings is 1. The van der Waals surface area contributed by atoms with Gasteiger partial charge in [0.25, 0.3) is 0 Å². The number of hydrogen-bond acceptors (Lipinski definition) is 6. The molecular weight excluding hydrogens is 385 g/mol. The van der Waals surface area contributed by atoms with Gasteiger partial charge in [0.05, 0.1) is 11.6 Å². The van der Waals surface area contributed by atoms with E-state index in [0.29, 0.717) is 23.4 Å². The SMILES string of the molecule is CN(CC(=O)O)[C@H]1CC[C@H](Nc2cc(Nc3ccc(F)c(Cl)c3)ncn2)CC1. The molecule has 7 nitrogen and oxygen atoms in total. The topological polar surface area (TPSA) is 90.4 Å². The van der Waals surface area contributed by atoms with Gasteiger partial charge in [0.15, 0.2) is 0 Å². The molecule has 1 aromatic heterocycles. The Bertz CT molecular complexity index is 830. The zero-order chi connectivity index (χ0) is 20.1. The molecule has 3 rings (SSSR count). The van der Waals surface area contributed by atoms with Crippen LogP contribution in [0, 0.1) is 5.82 Å². The quantitative estimate of drug-likeness (QED) is 0.643. The van der Waals surface area contributed by atoms with Gasteiger partial charge in [-0.05, 0) is 50.9 Å². The second-order valence-corrected chi connectivity index (χ2v) is 7.41. The van der Waals surface area contributed by atoms with Crippen LogP contribution in [0.2, 0.25) is 5.02 Å². The number of carboxylic acid groups (broad SMARTS) is 1. The van der Waals surface area contributed by atoms with Crippen molar-refractivity contribution in [3.8, 4) is 0 Å². The van der Waals surface area contributed by atoms with Crippen molar-refractivity contribution in [2.75, 3.05) is 24.2 Å². The summed E-state index contributed by atoms with van der Waals surface area (Å²) >= 11 is 5.81. The number of nitrogens with zero attached hydrogens (tertiary/aromatic N) is 3. The first-order chi connectivity index (χ1) is 13.4. The van der Waals surface area contributed by atoms with Gasteiger partial charge in [-0.1, -0.05) is 11.6 Å². The fraction of sp³-hybridized carbons (Fsp3) is 0.421. The molecule has 0 bridgehead atoms. The van der Waals surface area contributed by atoms with Crippen molar-refractivity contribution in [3.63, 3.8) is 0 Å². The van der Waals surface area contributed by atoms with Gasteiger partial charge in [-0.3, -0.25) is 9.69 Å². The molecule has 150 valence electrons. The van der Waals surface area contributed by atoms with E-state index < -0.39 is 11.8 Å². The van der Waals surface area contributed by atoms with Crippen molar-refractivity contribution in [1.82, 2.24) is 14.9 Å². The second kappa shape index (κ2) is 9.16. The van der Waals surface area contributed by atoms with Gasteiger partial charge in [0, 0.05) is 23.8 Å². The number of anilines is 3. The third-order valence-corrected chi connectivity index (χ3v) is 5.21. The third-order valence-electron chi connectivity index (χ3n) is 4.92. The first-order valence-electron chi connectivity index (χ1n) is 9.13. The van der Waals surface area contributed by atoms with Gasteiger partial charge < -0.3 is 15.7 Å². The number of nitrogens with one attached hydrogen (secondary N) is 2. The summed E-state index contributed by atoms with van der Waals surface area (Å²) < 4.78 is 13.3. The Morgan fingerprint density at radius 2 is 1.96 bits per heavy atom. The average Bonchev–Trinajstić information content (AvgIpc) is 2.65. The minimum Gasteiger partial charge on any atom is -0.480 e. The van der Waals surface area contributed by atoms with Crippen LogP contribution in [0.4, 0.5) is 21.7 Å². The third kappa shape index (κ3) is 5.53. The maximum Gasteiger partial charge on any atom is 0.317 e. The second-order valence-electron chi connectivity index (χ2n) is 7.00. The highest BCUT2D eigenvalue weighted by atomic mass is 35.5. The molecule has 0 radical (unpaired) electrons. The molecule has 1 heterocycles. The largest absolute Gasteiger partial charge is 0.480 e. The molecule has 28 heavy (non-hydrogen) atoms. The molecule has 1 fully saturated rings. The molecule has 0 unspecified atom stereocenters. The van der Waals surface area contributed by atoms with Gasteiger partial charge in [-0.25, -0.2) is 14.4 Å². The fourth-order valence-corrected chi connectivity index (χ4v) is 3.62. The molecule has 0 atom stereocenters. The lowest BCUT2D eigenvalue weighted by molar-refractivity contribution is -0.138. The number of aromatic nitrogens is 2. The highest BCUT2D eigenvalue weighted by Gasteiger charge is 2.25. The number of likely N-dealkylation sites (N-methyl/N-ethyl adjacent to an activating group) is 1. The zero-order valence-corrected chi connectivity index (χ0v) is 16.3. The minimum atomic E-state index is -0.800. The van der Waals surface area contributed by atoms with Crippen LogP contribution in [0.15, 0.2) is 30.6 Å². The molecule has 1 aliphatic rings. The van der Waals surface area contributed by atoms with Crippen LogP contribution in [0.1, 0.15) is 25.7 Å². The molecule has 0 amide bonds. The van der Waals surface area contributed by atoms with Crippen molar-refractivity contribution in [3.05, 3.63) is 41.4 Å². The van der Waals surface area contributed by atoms with E-state index in [1.807, 2.05) is 11.9 Å². The summed E-state index contributed by atoms with van der Waals surface area (Å²) in [7, 11) is 1.86. The summed E-state index contributed by atoms with van der Waals surface area (Å²) in [4.78, 5) is 21.2. The van der Waals surface area contributed by atoms with Crippen LogP contribution >= 0.6 is 11.6 Å². The summed E-state index contributed by atoms with van der Waals surface area (Å²) in [6.07, 6.45) is 5.21. The van der Waals surface area contributed by atoms with Crippen molar-refractivity contribution >= 4 is 34.9 Å². The lowest BCUT2D eigenvalue weighted by Crippen LogP contribution is -2.40. The molecule has 1 saturated carbocycles. The normalized spacial score (nSPS) is 19.4. The van der Waals surface area contributed by atoms with Crippen molar-refractivity contribution in [2.45, 2.75) is 37.8 Å². The lowest BCUT2D eigenvalue weighted by atomic mass is 9.90. The summed E-state index contributed by atoms with van der Waals surface area (Å²) in [6, 6.07) is 6.74. The standard InChI is InChI=1S/C19H23ClFN5O2/c1-26(10-19(27)28)14-5-2-12(3-6-14)24-17-9-18(23-11-22-17)25-13-4-7-16(21)15(20)8-13/h4,7-9,11-12,14H,2-3,5-6,10H2,1H3,(H,27,28)(H2,22,23,24,25)/t12-,14-. The predicted octanol–water partition coefficient (Wildman–Crippen LogP) is 3.75. The maximum absolute atomic E-state index is 13.3. The Kier molecular flexibility index (Phi) is 6.64. The van der Waals surface area contributed by atoms with Crippen molar-refractivity contribution in [1.29, 1.82) is 0 Å². The van der Waals surface area contributed by atoms with Crippen LogP contribution in [0.3, 0.4) is 0 Å². The van der Waals surface area contributed by atoms with E-state index in [4.69, 9.17) is 16.7 Å². The number of aliphatic carboxylic acids is 1. The van der Waals surface area contributed by atoms with Crippen LogP contribution in [0.5, 0.6) is 0 Å². The molecule has 1 aliphatic carbocycles. The molecule has 3 N–H and O–H groups in total. The number of rotatable bonds is 7. The van der Waals surface area contributed by atoms with Gasteiger partial charge in [-0.2, -0.15) is 0 Å². The van der Waals surface area contributed by atoms with E-state index in [-0.39, 0.29) is 17.6 Å². The van der Waals surface area contributed by atoms with Gasteiger partial charge in [0.2, 0.25) is 0 Å². The molecule has 1 aromatic carbocycles. The Balaban J connectivity index is 1.55. The van der Waals surface area contributed by atoms with Crippen LogP contribution < -0.4 is 10.6 Å². The van der Waals surface area contributed by atoms with E-state index >= 15 is 0 Å². The predicted molar refractivity (Wildman–Crippen MR) is 107 cm³/mol. The van der Waals surface area contributed by atoms with Crippen LogP contribution in [0.25, 0.3) is 0 Å². The Morgan fingerprint density at radius 3 is 2.64 bits per heavy atom. The van der Waals surface area contributed by atoms with Crippen molar-refractivity contribution in [2.24, 2.45) is 0 Å². The van der Waals surface area contributed by atoms with Gasteiger partial charge in [-0.15, -0.1) is 0 Å². The smallest absolute Gasteiger partial charge is 0.317 e. The summed E-state index contributed by atoms with van der Waals surface area (Å²) in [5.74, 6) is 0.0103. The Labute approximate surface area is 167 Å². The molecule has 0 saturated heterocycles. The summed E-state index contributed by atoms with van der Waals surface area (Å²) in [5, 5.41) is 15.5. The Hall–Kier alpha value is -2.45. The highest BCUT2D eigenvalue weighted by molar-refractivity contribution is 6.31. The van der Waals surface area contributed by atoms with Gasteiger partial charge >= 0.3 is 5.97 Å². The lowest BCUT2D eigenvalue weighted by Gasteiger charge is -2.34. The Morgan fingerprint density at radius 1 is 1.25 bits per heavy atom. The van der Waals surface area contributed by atoms with Crippen LogP contribution in [-0.4, -0.2) is 51.6 Å². The molecule has 0 spiro atoms. The van der Waals surface area contributed by atoms with E-state index in [0.717, 1.165) is 25.7 Å². The number of halogens is 2. The van der Waals surface area contributed by atoms with Crippen molar-refractivity contribution < 1.29 is 14.3 Å². The molecule has 9 heteroatoms. The van der Waals surface area contributed by atoms with Crippen LogP contribution in [-0.2, 0) is 4.79 Å². The first-order valence-corrected chi connectivity index (χ1v) is 9.51. The maximum atomic E-state index is 13.3. The number of carbonyl (C=O) groups is 1. The summed E-state index contributed by atoms with van der Waals surface area (Å²) in [5.41, 5.74) is 0.637. The molecular formula is C19H23ClFN5O2. The van der Waals surface area contributed by atoms with E-state index in [1.54, 1.807) is 12.1 Å². The monoisotopic (exact) mass is 407 g/mol. The van der Waals surface area contributed by atoms with E-state index in [9.17, 15) is 9.18 Å². The molecule has 0 aliphatic heterocycles. The fourth-order valence-electron chi connectivity index (χ4n) is 3.44. The minimum absolute atomic E-state index is 0.0435. The average molecular weight is 408 g/mol. The number of carboxylic acids is 1. The van der Waals surface area contributed by atoms with E-state index in [2.05, 4.69) is 20.6 Å². The van der Waals surface area contributed by atoms with Gasteiger partial charge in [0.1, 0.15) is 23.8 Å². The molecule has 2 aromatic rings.